The fourth-order valence-corrected chi connectivity index (χ4v) is 5.17. The molecule has 37 heavy (non-hydrogen) atoms. The summed E-state index contributed by atoms with van der Waals surface area (Å²) in [6, 6.07) is 6.87. The second-order valence-corrected chi connectivity index (χ2v) is 10.3. The smallest absolute Gasteiger partial charge is 0.329 e. The van der Waals surface area contributed by atoms with E-state index in [0.29, 0.717) is 18.5 Å². The van der Waals surface area contributed by atoms with Gasteiger partial charge in [0.05, 0.1) is 11.3 Å². The van der Waals surface area contributed by atoms with E-state index in [9.17, 15) is 23.9 Å². The second-order valence-electron chi connectivity index (χ2n) is 10.3. The molecule has 200 valence electrons. The molecule has 0 bridgehead atoms. The first-order valence-electron chi connectivity index (χ1n) is 13.1. The van der Waals surface area contributed by atoms with E-state index in [1.165, 1.54) is 18.6 Å². The number of hydrogen-bond donors (Lipinski definition) is 4. The Morgan fingerprint density at radius 1 is 1.03 bits per heavy atom. The van der Waals surface area contributed by atoms with Crippen molar-refractivity contribution in [2.75, 3.05) is 10.6 Å². The third-order valence-electron chi connectivity index (χ3n) is 7.36. The van der Waals surface area contributed by atoms with Gasteiger partial charge in [-0.3, -0.25) is 4.79 Å². The highest BCUT2D eigenvalue weighted by atomic mass is 19.1. The summed E-state index contributed by atoms with van der Waals surface area (Å²) in [4.78, 5) is 38.3. The number of nitrogens with one attached hydrogen (secondary N) is 3. The molecule has 8 heteroatoms. The van der Waals surface area contributed by atoms with Gasteiger partial charge in [0.2, 0.25) is 0 Å². The molecule has 1 aliphatic carbocycles. The Labute approximate surface area is 218 Å². The maximum absolute atomic E-state index is 14.1. The van der Waals surface area contributed by atoms with Crippen LogP contribution in [0, 0.1) is 25.6 Å². The van der Waals surface area contributed by atoms with E-state index >= 15 is 0 Å². The molecule has 3 amide bonds. The van der Waals surface area contributed by atoms with Crippen molar-refractivity contribution in [1.82, 2.24) is 5.32 Å². The first-order valence-corrected chi connectivity index (χ1v) is 13.1. The predicted octanol–water partition coefficient (Wildman–Crippen LogP) is 6.58. The van der Waals surface area contributed by atoms with Crippen LogP contribution in [0.4, 0.5) is 20.6 Å². The average molecular weight is 512 g/mol. The van der Waals surface area contributed by atoms with E-state index in [4.69, 9.17) is 0 Å². The zero-order valence-corrected chi connectivity index (χ0v) is 22.2. The molecule has 1 aliphatic rings. The molecule has 0 spiro atoms. The highest BCUT2D eigenvalue weighted by Gasteiger charge is 2.43. The fourth-order valence-electron chi connectivity index (χ4n) is 5.17. The van der Waals surface area contributed by atoms with Crippen molar-refractivity contribution >= 4 is 29.3 Å². The summed E-state index contributed by atoms with van der Waals surface area (Å²) in [6.07, 6.45) is 7.40. The number of amides is 3. The number of carbonyl (C=O) groups is 3. The lowest BCUT2D eigenvalue weighted by Crippen LogP contribution is -2.57. The standard InChI is InChI=1S/C29H38FN3O4/c1-5-6-10-20-15-18(2)25(19(3)16-20)32-28(37)31-24-17-22(30)13-14-23(24)26(34)33-29(4,27(35)36)21-11-8-7-9-12-21/h13-17,21H,5-12H2,1-4H3,(H,33,34)(H,35,36)(H2,31,32,37)/t29-/m0/s1. The number of benzene rings is 2. The van der Waals surface area contributed by atoms with Gasteiger partial charge in [0.1, 0.15) is 11.4 Å². The molecule has 2 aromatic rings. The van der Waals surface area contributed by atoms with Crippen LogP contribution in [0.25, 0.3) is 0 Å². The molecule has 0 unspecified atom stereocenters. The summed E-state index contributed by atoms with van der Waals surface area (Å²) in [7, 11) is 0. The monoisotopic (exact) mass is 511 g/mol. The van der Waals surface area contributed by atoms with Crippen LogP contribution in [0.3, 0.4) is 0 Å². The van der Waals surface area contributed by atoms with Gasteiger partial charge in [0.25, 0.3) is 5.91 Å². The minimum Gasteiger partial charge on any atom is -0.480 e. The summed E-state index contributed by atoms with van der Waals surface area (Å²) >= 11 is 0. The molecule has 2 aromatic carbocycles. The van der Waals surface area contributed by atoms with Gasteiger partial charge >= 0.3 is 12.0 Å². The van der Waals surface area contributed by atoms with E-state index in [1.807, 2.05) is 26.0 Å². The molecule has 4 N–H and O–H groups in total. The van der Waals surface area contributed by atoms with Crippen LogP contribution in [0.2, 0.25) is 0 Å². The lowest BCUT2D eigenvalue weighted by atomic mass is 9.75. The number of halogens is 1. The Morgan fingerprint density at radius 3 is 2.27 bits per heavy atom. The van der Waals surface area contributed by atoms with Gasteiger partial charge < -0.3 is 21.1 Å². The number of carboxylic acids is 1. The predicted molar refractivity (Wildman–Crippen MR) is 144 cm³/mol. The molecule has 0 heterocycles. The molecule has 0 saturated heterocycles. The van der Waals surface area contributed by atoms with Crippen molar-refractivity contribution in [1.29, 1.82) is 0 Å². The molecule has 7 nitrogen and oxygen atoms in total. The molecule has 0 aromatic heterocycles. The number of hydrogen-bond acceptors (Lipinski definition) is 3. The van der Waals surface area contributed by atoms with Crippen molar-refractivity contribution in [3.63, 3.8) is 0 Å². The van der Waals surface area contributed by atoms with Gasteiger partial charge in [-0.2, -0.15) is 0 Å². The number of unbranched alkanes of at least 4 members (excludes halogenated alkanes) is 1. The highest BCUT2D eigenvalue weighted by molar-refractivity contribution is 6.08. The second kappa shape index (κ2) is 12.2. The van der Waals surface area contributed by atoms with E-state index in [2.05, 4.69) is 22.9 Å². The van der Waals surface area contributed by atoms with E-state index in [-0.39, 0.29) is 17.2 Å². The lowest BCUT2D eigenvalue weighted by molar-refractivity contribution is -0.146. The normalized spacial score (nSPS) is 15.5. The van der Waals surface area contributed by atoms with Crippen molar-refractivity contribution in [3.8, 4) is 0 Å². The van der Waals surface area contributed by atoms with Crippen LogP contribution in [0.15, 0.2) is 30.3 Å². The molecular weight excluding hydrogens is 473 g/mol. The number of carbonyl (C=O) groups excluding carboxylic acids is 2. The maximum Gasteiger partial charge on any atom is 0.329 e. The molecule has 1 fully saturated rings. The SMILES string of the molecule is CCCCc1cc(C)c(NC(=O)Nc2cc(F)ccc2C(=O)N[C@](C)(C(=O)O)C2CCCCC2)c(C)c1. The van der Waals surface area contributed by atoms with E-state index < -0.39 is 29.3 Å². The van der Waals surface area contributed by atoms with Gasteiger partial charge in [-0.25, -0.2) is 14.0 Å². The average Bonchev–Trinajstić information content (AvgIpc) is 2.85. The summed E-state index contributed by atoms with van der Waals surface area (Å²) < 4.78 is 14.1. The topological polar surface area (TPSA) is 108 Å². The van der Waals surface area contributed by atoms with Gasteiger partial charge in [-0.1, -0.05) is 44.7 Å². The third kappa shape index (κ3) is 6.87. The van der Waals surface area contributed by atoms with Gasteiger partial charge in [0, 0.05) is 5.69 Å². The van der Waals surface area contributed by atoms with E-state index in [1.54, 1.807) is 0 Å². The number of aryl methyl sites for hydroxylation is 3. The maximum atomic E-state index is 14.1. The fraction of sp³-hybridized carbons (Fsp3) is 0.483. The quantitative estimate of drug-likeness (QED) is 0.305. The molecule has 0 radical (unpaired) electrons. The molecular formula is C29H38FN3O4. The molecule has 3 rings (SSSR count). The molecule has 0 aliphatic heterocycles. The number of urea groups is 1. The van der Waals surface area contributed by atoms with Crippen LogP contribution >= 0.6 is 0 Å². The Bertz CT molecular complexity index is 1140. The Morgan fingerprint density at radius 2 is 1.68 bits per heavy atom. The Kier molecular flexibility index (Phi) is 9.29. The first-order chi connectivity index (χ1) is 17.5. The van der Waals surface area contributed by atoms with Crippen molar-refractivity contribution < 1.29 is 23.9 Å². The Balaban J connectivity index is 1.80. The molecule has 1 atom stereocenters. The summed E-state index contributed by atoms with van der Waals surface area (Å²) in [5, 5.41) is 18.0. The van der Waals surface area contributed by atoms with E-state index in [0.717, 1.165) is 61.8 Å². The zero-order valence-electron chi connectivity index (χ0n) is 22.2. The summed E-state index contributed by atoms with van der Waals surface area (Å²) in [6.45, 7) is 7.48. The zero-order chi connectivity index (χ0) is 27.2. The summed E-state index contributed by atoms with van der Waals surface area (Å²) in [5.74, 6) is -2.64. The van der Waals surface area contributed by atoms with Crippen LogP contribution in [-0.2, 0) is 11.2 Å². The van der Waals surface area contributed by atoms with Gasteiger partial charge in [-0.15, -0.1) is 0 Å². The minimum atomic E-state index is -1.47. The van der Waals surface area contributed by atoms with Gasteiger partial charge in [0.15, 0.2) is 0 Å². The number of anilines is 2. The highest BCUT2D eigenvalue weighted by Crippen LogP contribution is 2.33. The van der Waals surface area contributed by atoms with Crippen LogP contribution in [-0.4, -0.2) is 28.6 Å². The minimum absolute atomic E-state index is 0.0109. The van der Waals surface area contributed by atoms with Crippen molar-refractivity contribution in [3.05, 3.63) is 58.4 Å². The number of rotatable bonds is 9. The van der Waals surface area contributed by atoms with Crippen LogP contribution in [0.1, 0.15) is 85.8 Å². The third-order valence-corrected chi connectivity index (χ3v) is 7.36. The number of carboxylic acid groups (broad SMARTS) is 1. The summed E-state index contributed by atoms with van der Waals surface area (Å²) in [5.41, 5.74) is 2.14. The van der Waals surface area contributed by atoms with Gasteiger partial charge in [-0.05, 0) is 87.3 Å². The van der Waals surface area contributed by atoms with Crippen LogP contribution < -0.4 is 16.0 Å². The van der Waals surface area contributed by atoms with Crippen LogP contribution in [0.5, 0.6) is 0 Å². The van der Waals surface area contributed by atoms with Crippen molar-refractivity contribution in [2.45, 2.75) is 84.6 Å². The number of aliphatic carboxylic acids is 1. The largest absolute Gasteiger partial charge is 0.480 e. The molecule has 1 saturated carbocycles. The lowest BCUT2D eigenvalue weighted by Gasteiger charge is -2.37. The Hall–Kier alpha value is -3.42. The first kappa shape index (κ1) is 28.2. The van der Waals surface area contributed by atoms with Crippen molar-refractivity contribution in [2.24, 2.45) is 5.92 Å².